The van der Waals surface area contributed by atoms with Crippen molar-refractivity contribution in [2.45, 2.75) is 51.7 Å². The zero-order valence-electron chi connectivity index (χ0n) is 12.2. The average Bonchev–Trinajstić information content (AvgIpc) is 2.25. The van der Waals surface area contributed by atoms with Gasteiger partial charge < -0.3 is 4.43 Å². The van der Waals surface area contributed by atoms with E-state index in [2.05, 4.69) is 45.8 Å². The molecule has 1 rings (SSSR count). The van der Waals surface area contributed by atoms with Gasteiger partial charge in [0.25, 0.3) is 0 Å². The van der Waals surface area contributed by atoms with Crippen LogP contribution in [0.1, 0.15) is 39.3 Å². The molecule has 0 spiro atoms. The van der Waals surface area contributed by atoms with Crippen LogP contribution in [0.4, 0.5) is 0 Å². The third-order valence-electron chi connectivity index (χ3n) is 3.76. The van der Waals surface area contributed by atoms with Gasteiger partial charge in [-0.2, -0.15) is 0 Å². The van der Waals surface area contributed by atoms with E-state index in [1.54, 1.807) is 6.20 Å². The molecule has 0 bridgehead atoms. The Labute approximate surface area is 117 Å². The second kappa shape index (κ2) is 5.72. The molecule has 0 aliphatic rings. The maximum absolute atomic E-state index is 6.21. The van der Waals surface area contributed by atoms with E-state index in [1.165, 1.54) is 0 Å². The molecule has 18 heavy (non-hydrogen) atoms. The SMILES string of the molecule is C[C@@H](CO[Si](C)(C)C(C)(C)C)c1ccc(Cl)cn1. The normalized spacial score (nSPS) is 14.6. The number of hydrogen-bond donors (Lipinski definition) is 0. The van der Waals surface area contributed by atoms with Crippen molar-refractivity contribution in [1.29, 1.82) is 0 Å². The minimum absolute atomic E-state index is 0.250. The second-order valence-electron chi connectivity index (χ2n) is 6.37. The van der Waals surface area contributed by atoms with Gasteiger partial charge in [0.05, 0.1) is 5.02 Å². The third kappa shape index (κ3) is 4.07. The quantitative estimate of drug-likeness (QED) is 0.737. The fourth-order valence-corrected chi connectivity index (χ4v) is 2.53. The zero-order valence-corrected chi connectivity index (χ0v) is 14.0. The summed E-state index contributed by atoms with van der Waals surface area (Å²) in [5.41, 5.74) is 1.04. The smallest absolute Gasteiger partial charge is 0.192 e. The Morgan fingerprint density at radius 1 is 1.33 bits per heavy atom. The van der Waals surface area contributed by atoms with Gasteiger partial charge in [0.2, 0.25) is 0 Å². The van der Waals surface area contributed by atoms with Crippen molar-refractivity contribution in [2.75, 3.05) is 6.61 Å². The van der Waals surface area contributed by atoms with E-state index in [4.69, 9.17) is 16.0 Å². The summed E-state index contributed by atoms with van der Waals surface area (Å²) in [6.45, 7) is 14.2. The molecule has 1 atom stereocenters. The number of halogens is 1. The van der Waals surface area contributed by atoms with E-state index >= 15 is 0 Å². The minimum Gasteiger partial charge on any atom is -0.416 e. The van der Waals surface area contributed by atoms with Crippen molar-refractivity contribution in [3.8, 4) is 0 Å². The van der Waals surface area contributed by atoms with Crippen LogP contribution in [-0.4, -0.2) is 19.9 Å². The lowest BCUT2D eigenvalue weighted by molar-refractivity contribution is 0.267. The Morgan fingerprint density at radius 3 is 2.39 bits per heavy atom. The summed E-state index contributed by atoms with van der Waals surface area (Å²) in [6, 6.07) is 3.86. The first kappa shape index (κ1) is 15.7. The molecule has 0 aliphatic heterocycles. The molecule has 1 aromatic rings. The van der Waals surface area contributed by atoms with Crippen LogP contribution in [0.2, 0.25) is 23.2 Å². The van der Waals surface area contributed by atoms with Crippen LogP contribution in [-0.2, 0) is 4.43 Å². The summed E-state index contributed by atoms with van der Waals surface area (Å²) in [6.07, 6.45) is 1.69. The highest BCUT2D eigenvalue weighted by Gasteiger charge is 2.37. The first-order chi connectivity index (χ1) is 8.13. The van der Waals surface area contributed by atoms with Crippen molar-refractivity contribution in [3.63, 3.8) is 0 Å². The molecule has 1 aromatic heterocycles. The van der Waals surface area contributed by atoms with Gasteiger partial charge in [-0.1, -0.05) is 39.3 Å². The van der Waals surface area contributed by atoms with Gasteiger partial charge in [-0.25, -0.2) is 0 Å². The number of hydrogen-bond acceptors (Lipinski definition) is 2. The molecule has 1 heterocycles. The fraction of sp³-hybridized carbons (Fsp3) is 0.643. The summed E-state index contributed by atoms with van der Waals surface area (Å²) >= 11 is 5.84. The van der Waals surface area contributed by atoms with Gasteiger partial charge in [-0.05, 0) is 30.3 Å². The molecule has 0 aliphatic carbocycles. The molecular formula is C14H24ClNOSi. The molecular weight excluding hydrogens is 262 g/mol. The lowest BCUT2D eigenvalue weighted by atomic mass is 10.1. The third-order valence-corrected chi connectivity index (χ3v) is 8.48. The highest BCUT2D eigenvalue weighted by molar-refractivity contribution is 6.74. The van der Waals surface area contributed by atoms with Crippen LogP contribution >= 0.6 is 11.6 Å². The van der Waals surface area contributed by atoms with Crippen LogP contribution in [0.15, 0.2) is 18.3 Å². The van der Waals surface area contributed by atoms with Gasteiger partial charge in [0.15, 0.2) is 8.32 Å². The van der Waals surface area contributed by atoms with Crippen LogP contribution < -0.4 is 0 Å². The molecule has 4 heteroatoms. The van der Waals surface area contributed by atoms with Gasteiger partial charge in [-0.15, -0.1) is 0 Å². The van der Waals surface area contributed by atoms with E-state index in [1.807, 2.05) is 12.1 Å². The molecule has 0 aromatic carbocycles. The van der Waals surface area contributed by atoms with Gasteiger partial charge in [-0.3, -0.25) is 4.98 Å². The molecule has 2 nitrogen and oxygen atoms in total. The summed E-state index contributed by atoms with van der Waals surface area (Å²) in [4.78, 5) is 4.34. The Kier molecular flexibility index (Phi) is 4.98. The van der Waals surface area contributed by atoms with Crippen molar-refractivity contribution in [3.05, 3.63) is 29.0 Å². The van der Waals surface area contributed by atoms with Gasteiger partial charge in [0.1, 0.15) is 0 Å². The van der Waals surface area contributed by atoms with E-state index < -0.39 is 8.32 Å². The summed E-state index contributed by atoms with van der Waals surface area (Å²) < 4.78 is 6.21. The first-order valence-corrected chi connectivity index (χ1v) is 9.67. The number of pyridine rings is 1. The highest BCUT2D eigenvalue weighted by atomic mass is 35.5. The summed E-state index contributed by atoms with van der Waals surface area (Å²) in [5.74, 6) is 0.302. The molecule has 0 N–H and O–H groups in total. The largest absolute Gasteiger partial charge is 0.416 e. The standard InChI is InChI=1S/C14H24ClNOSi/c1-11(13-8-7-12(15)9-16-13)10-17-18(5,6)14(2,3)4/h7-9,11H,10H2,1-6H3/t11-/m0/s1. The average molecular weight is 286 g/mol. The molecule has 0 saturated carbocycles. The predicted molar refractivity (Wildman–Crippen MR) is 80.8 cm³/mol. The highest BCUT2D eigenvalue weighted by Crippen LogP contribution is 2.37. The van der Waals surface area contributed by atoms with E-state index in [0.29, 0.717) is 10.9 Å². The number of rotatable bonds is 4. The molecule has 0 saturated heterocycles. The zero-order chi connectivity index (χ0) is 14.0. The fourth-order valence-electron chi connectivity index (χ4n) is 1.31. The Hall–Kier alpha value is -0.383. The maximum atomic E-state index is 6.21. The van der Waals surface area contributed by atoms with Gasteiger partial charge in [0, 0.05) is 24.4 Å². The minimum atomic E-state index is -1.67. The second-order valence-corrected chi connectivity index (χ2v) is 11.6. The van der Waals surface area contributed by atoms with Crippen molar-refractivity contribution < 1.29 is 4.43 Å². The van der Waals surface area contributed by atoms with Crippen LogP contribution in [0.25, 0.3) is 0 Å². The summed E-state index contributed by atoms with van der Waals surface area (Å²) in [5, 5.41) is 0.927. The van der Waals surface area contributed by atoms with E-state index in [0.717, 1.165) is 12.3 Å². The Bertz CT molecular complexity index is 384. The Balaban J connectivity index is 2.61. The van der Waals surface area contributed by atoms with Crippen LogP contribution in [0.5, 0.6) is 0 Å². The molecule has 0 amide bonds. The monoisotopic (exact) mass is 285 g/mol. The van der Waals surface area contributed by atoms with Crippen molar-refractivity contribution >= 4 is 19.9 Å². The van der Waals surface area contributed by atoms with Crippen LogP contribution in [0, 0.1) is 0 Å². The molecule has 0 fully saturated rings. The lowest BCUT2D eigenvalue weighted by Crippen LogP contribution is -2.41. The number of nitrogens with zero attached hydrogens (tertiary/aromatic N) is 1. The molecule has 102 valence electrons. The first-order valence-electron chi connectivity index (χ1n) is 6.39. The van der Waals surface area contributed by atoms with E-state index in [9.17, 15) is 0 Å². The Morgan fingerprint density at radius 2 is 1.94 bits per heavy atom. The predicted octanol–water partition coefficient (Wildman–Crippen LogP) is 4.86. The molecule has 0 unspecified atom stereocenters. The lowest BCUT2D eigenvalue weighted by Gasteiger charge is -2.36. The van der Waals surface area contributed by atoms with Crippen molar-refractivity contribution in [1.82, 2.24) is 4.98 Å². The maximum Gasteiger partial charge on any atom is 0.192 e. The van der Waals surface area contributed by atoms with Crippen molar-refractivity contribution in [2.24, 2.45) is 0 Å². The van der Waals surface area contributed by atoms with Gasteiger partial charge >= 0.3 is 0 Å². The topological polar surface area (TPSA) is 22.1 Å². The van der Waals surface area contributed by atoms with E-state index in [-0.39, 0.29) is 5.04 Å². The summed E-state index contributed by atoms with van der Waals surface area (Å²) in [7, 11) is -1.67. The number of aromatic nitrogens is 1. The van der Waals surface area contributed by atoms with Crippen LogP contribution in [0.3, 0.4) is 0 Å². The molecule has 0 radical (unpaired) electrons.